The highest BCUT2D eigenvalue weighted by Gasteiger charge is 2.08. The Hall–Kier alpha value is -2.89. The molecule has 0 heterocycles. The number of carboxylic acid groups (broad SMARTS) is 1. The second-order valence-electron chi connectivity index (χ2n) is 4.98. The lowest BCUT2D eigenvalue weighted by molar-refractivity contribution is -0.139. The van der Waals surface area contributed by atoms with Crippen molar-refractivity contribution in [3.63, 3.8) is 0 Å². The van der Waals surface area contributed by atoms with Crippen LogP contribution >= 0.6 is 0 Å². The predicted octanol–water partition coefficient (Wildman–Crippen LogP) is 2.53. The van der Waals surface area contributed by atoms with E-state index in [1.165, 1.54) is 12.1 Å². The van der Waals surface area contributed by atoms with Crippen molar-refractivity contribution in [2.45, 2.75) is 13.5 Å². The minimum Gasteiger partial charge on any atom is -0.482 e. The van der Waals surface area contributed by atoms with Crippen molar-refractivity contribution in [2.24, 2.45) is 0 Å². The van der Waals surface area contributed by atoms with Gasteiger partial charge in [0.05, 0.1) is 0 Å². The Morgan fingerprint density at radius 1 is 1.22 bits per heavy atom. The Bertz CT molecular complexity index is 730. The van der Waals surface area contributed by atoms with Crippen molar-refractivity contribution in [1.29, 1.82) is 0 Å². The van der Waals surface area contributed by atoms with Crippen molar-refractivity contribution >= 4 is 11.9 Å². The first-order valence-electron chi connectivity index (χ1n) is 6.93. The zero-order valence-electron chi connectivity index (χ0n) is 12.5. The lowest BCUT2D eigenvalue weighted by Crippen LogP contribution is -2.23. The molecule has 0 aromatic heterocycles. The number of carboxylic acids is 1. The normalized spacial score (nSPS) is 10.2. The Labute approximate surface area is 132 Å². The smallest absolute Gasteiger partial charge is 0.341 e. The van der Waals surface area contributed by atoms with E-state index in [1.807, 2.05) is 0 Å². The summed E-state index contributed by atoms with van der Waals surface area (Å²) >= 11 is 0. The van der Waals surface area contributed by atoms with E-state index >= 15 is 0 Å². The predicted molar refractivity (Wildman–Crippen MR) is 81.9 cm³/mol. The number of carbonyl (C=O) groups is 2. The number of rotatable bonds is 6. The minimum atomic E-state index is -1.10. The fraction of sp³-hybridized carbons (Fsp3) is 0.176. The number of nitrogens with one attached hydrogen (secondary N) is 1. The van der Waals surface area contributed by atoms with E-state index in [0.717, 1.165) is 0 Å². The zero-order chi connectivity index (χ0) is 16.8. The topological polar surface area (TPSA) is 75.6 Å². The van der Waals surface area contributed by atoms with Crippen LogP contribution in [-0.2, 0) is 11.3 Å². The Balaban J connectivity index is 1.98. The maximum absolute atomic E-state index is 13.5. The van der Waals surface area contributed by atoms with Gasteiger partial charge in [0.2, 0.25) is 0 Å². The van der Waals surface area contributed by atoms with E-state index in [4.69, 9.17) is 9.84 Å². The van der Waals surface area contributed by atoms with Crippen LogP contribution in [0.15, 0.2) is 42.5 Å². The van der Waals surface area contributed by atoms with Crippen LogP contribution < -0.4 is 10.1 Å². The SMILES string of the molecule is Cc1ccc(CNC(=O)c2cccc(OCC(=O)O)c2)cc1F. The summed E-state index contributed by atoms with van der Waals surface area (Å²) in [5, 5.41) is 11.2. The summed E-state index contributed by atoms with van der Waals surface area (Å²) in [5.74, 6) is -1.48. The highest BCUT2D eigenvalue weighted by molar-refractivity contribution is 5.94. The van der Waals surface area contributed by atoms with Gasteiger partial charge < -0.3 is 15.2 Å². The third kappa shape index (κ3) is 4.81. The molecule has 23 heavy (non-hydrogen) atoms. The number of benzene rings is 2. The maximum atomic E-state index is 13.5. The summed E-state index contributed by atoms with van der Waals surface area (Å²) < 4.78 is 18.5. The first-order chi connectivity index (χ1) is 11.0. The standard InChI is InChI=1S/C17H16FNO4/c1-11-5-6-12(7-15(11)18)9-19-17(22)13-3-2-4-14(8-13)23-10-16(20)21/h2-8H,9-10H2,1H3,(H,19,22)(H,20,21). The van der Waals surface area contributed by atoms with Crippen LogP contribution in [0.4, 0.5) is 4.39 Å². The molecule has 120 valence electrons. The molecule has 0 spiro atoms. The van der Waals surface area contributed by atoms with Crippen molar-refractivity contribution in [1.82, 2.24) is 5.32 Å². The van der Waals surface area contributed by atoms with Gasteiger partial charge in [-0.1, -0.05) is 18.2 Å². The number of amides is 1. The summed E-state index contributed by atoms with van der Waals surface area (Å²) in [6.07, 6.45) is 0. The van der Waals surface area contributed by atoms with Gasteiger partial charge in [-0.3, -0.25) is 4.79 Å². The van der Waals surface area contributed by atoms with Crippen molar-refractivity contribution in [2.75, 3.05) is 6.61 Å². The molecule has 0 saturated heterocycles. The molecule has 0 radical (unpaired) electrons. The van der Waals surface area contributed by atoms with Crippen LogP contribution in [-0.4, -0.2) is 23.6 Å². The Morgan fingerprint density at radius 2 is 2.00 bits per heavy atom. The highest BCUT2D eigenvalue weighted by atomic mass is 19.1. The quantitative estimate of drug-likeness (QED) is 0.858. The highest BCUT2D eigenvalue weighted by Crippen LogP contribution is 2.14. The van der Waals surface area contributed by atoms with Crippen LogP contribution in [0.3, 0.4) is 0 Å². The van der Waals surface area contributed by atoms with Gasteiger partial charge >= 0.3 is 5.97 Å². The average Bonchev–Trinajstić information content (AvgIpc) is 2.54. The van der Waals surface area contributed by atoms with Crippen LogP contribution in [0.5, 0.6) is 5.75 Å². The summed E-state index contributed by atoms with van der Waals surface area (Å²) in [7, 11) is 0. The molecule has 1 amide bonds. The first-order valence-corrected chi connectivity index (χ1v) is 6.93. The van der Waals surface area contributed by atoms with Gasteiger partial charge in [-0.15, -0.1) is 0 Å². The Kier molecular flexibility index (Phi) is 5.30. The molecular formula is C17H16FNO4. The summed E-state index contributed by atoms with van der Waals surface area (Å²) in [4.78, 5) is 22.6. The van der Waals surface area contributed by atoms with Crippen molar-refractivity contribution in [3.8, 4) is 5.75 Å². The largest absolute Gasteiger partial charge is 0.482 e. The van der Waals surface area contributed by atoms with Gasteiger partial charge in [0.1, 0.15) is 11.6 Å². The van der Waals surface area contributed by atoms with Crippen molar-refractivity contribution < 1.29 is 23.8 Å². The molecule has 0 saturated carbocycles. The number of carbonyl (C=O) groups excluding carboxylic acids is 1. The second-order valence-corrected chi connectivity index (χ2v) is 4.98. The number of halogens is 1. The molecule has 0 aliphatic carbocycles. The number of aliphatic carboxylic acids is 1. The minimum absolute atomic E-state index is 0.191. The second kappa shape index (κ2) is 7.40. The van der Waals surface area contributed by atoms with Gasteiger partial charge in [0.15, 0.2) is 6.61 Å². The van der Waals surface area contributed by atoms with E-state index in [-0.39, 0.29) is 18.3 Å². The Morgan fingerprint density at radius 3 is 2.70 bits per heavy atom. The molecule has 0 aliphatic heterocycles. The fourth-order valence-electron chi connectivity index (χ4n) is 1.90. The maximum Gasteiger partial charge on any atom is 0.341 e. The number of hydrogen-bond donors (Lipinski definition) is 2. The van der Waals surface area contributed by atoms with E-state index in [0.29, 0.717) is 22.4 Å². The fourth-order valence-corrected chi connectivity index (χ4v) is 1.90. The zero-order valence-corrected chi connectivity index (χ0v) is 12.5. The van der Waals surface area contributed by atoms with Crippen LogP contribution in [0, 0.1) is 12.7 Å². The van der Waals surface area contributed by atoms with E-state index < -0.39 is 12.6 Å². The summed E-state index contributed by atoms with van der Waals surface area (Å²) in [6.45, 7) is 1.38. The van der Waals surface area contributed by atoms with Gasteiger partial charge in [-0.05, 0) is 42.3 Å². The molecule has 6 heteroatoms. The monoisotopic (exact) mass is 317 g/mol. The molecule has 2 rings (SSSR count). The molecule has 2 N–H and O–H groups in total. The molecule has 5 nitrogen and oxygen atoms in total. The average molecular weight is 317 g/mol. The summed E-state index contributed by atoms with van der Waals surface area (Å²) in [5.41, 5.74) is 1.53. The van der Waals surface area contributed by atoms with Gasteiger partial charge in [0.25, 0.3) is 5.91 Å². The molecular weight excluding hydrogens is 301 g/mol. The molecule has 0 aliphatic rings. The molecule has 2 aromatic carbocycles. The molecule has 0 atom stereocenters. The van der Waals surface area contributed by atoms with E-state index in [2.05, 4.69) is 5.32 Å². The first kappa shape index (κ1) is 16.5. The van der Waals surface area contributed by atoms with Gasteiger partial charge in [-0.2, -0.15) is 0 Å². The third-order valence-electron chi connectivity index (χ3n) is 3.15. The van der Waals surface area contributed by atoms with Crippen LogP contribution in [0.1, 0.15) is 21.5 Å². The van der Waals surface area contributed by atoms with E-state index in [1.54, 1.807) is 37.3 Å². The third-order valence-corrected chi connectivity index (χ3v) is 3.15. The van der Waals surface area contributed by atoms with E-state index in [9.17, 15) is 14.0 Å². The van der Waals surface area contributed by atoms with Gasteiger partial charge in [0, 0.05) is 12.1 Å². The van der Waals surface area contributed by atoms with Crippen molar-refractivity contribution in [3.05, 3.63) is 65.0 Å². The number of aryl methyl sites for hydroxylation is 1. The lowest BCUT2D eigenvalue weighted by Gasteiger charge is -2.08. The lowest BCUT2D eigenvalue weighted by atomic mass is 10.1. The van der Waals surface area contributed by atoms with Crippen LogP contribution in [0.25, 0.3) is 0 Å². The number of ether oxygens (including phenoxy) is 1. The molecule has 0 bridgehead atoms. The number of hydrogen-bond acceptors (Lipinski definition) is 3. The molecule has 0 unspecified atom stereocenters. The van der Waals surface area contributed by atoms with Gasteiger partial charge in [-0.25, -0.2) is 9.18 Å². The summed E-state index contributed by atoms with van der Waals surface area (Å²) in [6, 6.07) is 11.0. The molecule has 2 aromatic rings. The van der Waals surface area contributed by atoms with Crippen LogP contribution in [0.2, 0.25) is 0 Å². The molecule has 0 fully saturated rings.